The highest BCUT2D eigenvalue weighted by Gasteiger charge is 2.42. The van der Waals surface area contributed by atoms with Gasteiger partial charge < -0.3 is 0 Å². The molecule has 3 nitrogen and oxygen atoms in total. The molecule has 0 radical (unpaired) electrons. The van der Waals surface area contributed by atoms with Crippen molar-refractivity contribution in [2.45, 2.75) is 19.3 Å². The molecule has 0 aliphatic heterocycles. The van der Waals surface area contributed by atoms with E-state index in [9.17, 15) is 22.8 Å². The van der Waals surface area contributed by atoms with Crippen LogP contribution in [0.1, 0.15) is 39.3 Å². The number of fused-ring (bicyclic) bond motifs is 1. The molecule has 2 aliphatic rings. The first-order valence-electron chi connectivity index (χ1n) is 7.88. The van der Waals surface area contributed by atoms with Gasteiger partial charge in [0.15, 0.2) is 11.6 Å². The minimum atomic E-state index is -0.922. The first-order valence-corrected chi connectivity index (χ1v) is 7.88. The Morgan fingerprint density at radius 3 is 2.12 bits per heavy atom. The van der Waals surface area contributed by atoms with Crippen molar-refractivity contribution in [2.75, 3.05) is 0 Å². The predicted molar refractivity (Wildman–Crippen MR) is 82.7 cm³/mol. The second kappa shape index (κ2) is 5.65. The smallest absolute Gasteiger partial charge is 0.193 e. The number of rotatable bonds is 3. The molecule has 1 heterocycles. The topological polar surface area (TPSA) is 47.0 Å². The summed E-state index contributed by atoms with van der Waals surface area (Å²) in [7, 11) is 0. The molecule has 2 aromatic rings. The highest BCUT2D eigenvalue weighted by Crippen LogP contribution is 2.44. The number of nitrogens with zero attached hydrogens (tertiary/aromatic N) is 1. The molecule has 126 valence electrons. The van der Waals surface area contributed by atoms with Gasteiger partial charge in [0.1, 0.15) is 17.5 Å². The van der Waals surface area contributed by atoms with Gasteiger partial charge >= 0.3 is 0 Å². The van der Waals surface area contributed by atoms with Gasteiger partial charge in [-0.3, -0.25) is 14.6 Å². The summed E-state index contributed by atoms with van der Waals surface area (Å²) in [6.07, 6.45) is 2.43. The Bertz CT molecular complexity index is 944. The molecule has 1 aromatic carbocycles. The number of hydrogen-bond acceptors (Lipinski definition) is 3. The third-order valence-corrected chi connectivity index (χ3v) is 4.53. The van der Waals surface area contributed by atoms with E-state index in [1.807, 2.05) is 0 Å². The maximum absolute atomic E-state index is 14.2. The molecule has 0 bridgehead atoms. The Hall–Kier alpha value is -2.76. The lowest BCUT2D eigenvalue weighted by atomic mass is 9.80. The third kappa shape index (κ3) is 2.58. The fourth-order valence-electron chi connectivity index (χ4n) is 3.21. The summed E-state index contributed by atoms with van der Waals surface area (Å²) in [4.78, 5) is 29.5. The minimum absolute atomic E-state index is 0.0217. The Kier molecular flexibility index (Phi) is 3.56. The molecule has 0 atom stereocenters. The van der Waals surface area contributed by atoms with Gasteiger partial charge in [0, 0.05) is 23.3 Å². The average molecular weight is 343 g/mol. The number of Topliss-reactive ketones (excluding diaryl/α,β-unsaturated/α-hetero) is 2. The monoisotopic (exact) mass is 343 g/mol. The van der Waals surface area contributed by atoms with E-state index in [0.717, 1.165) is 31.2 Å². The van der Waals surface area contributed by atoms with E-state index in [1.54, 1.807) is 0 Å². The highest BCUT2D eigenvalue weighted by molar-refractivity contribution is 6.27. The molecule has 1 aromatic heterocycles. The standard InChI is InChI=1S/C19H12F3NO2/c20-10-3-4-11(23-8-10)7-12-15(9-1-2-9)19(25)17-14(22)6-5-13(21)16(17)18(12)24/h3-6,8-9H,1-2,7H2. The summed E-state index contributed by atoms with van der Waals surface area (Å²) in [6, 6.07) is 4.30. The lowest BCUT2D eigenvalue weighted by molar-refractivity contribution is 0.0961. The largest absolute Gasteiger partial charge is 0.289 e. The minimum Gasteiger partial charge on any atom is -0.289 e. The molecule has 0 N–H and O–H groups in total. The van der Waals surface area contributed by atoms with Gasteiger partial charge in [-0.05, 0) is 43.0 Å². The van der Waals surface area contributed by atoms with Gasteiger partial charge in [0.05, 0.1) is 17.3 Å². The summed E-state index contributed by atoms with van der Waals surface area (Å²) in [6.45, 7) is 0. The van der Waals surface area contributed by atoms with E-state index < -0.39 is 40.1 Å². The first kappa shape index (κ1) is 15.7. The maximum atomic E-state index is 14.2. The molecule has 6 heteroatoms. The molecule has 1 fully saturated rings. The van der Waals surface area contributed by atoms with Crippen LogP contribution in [0.15, 0.2) is 41.6 Å². The lowest BCUT2D eigenvalue weighted by Crippen LogP contribution is -2.27. The molecule has 25 heavy (non-hydrogen) atoms. The molecule has 0 saturated heterocycles. The predicted octanol–water partition coefficient (Wildman–Crippen LogP) is 3.83. The number of carbonyl (C=O) groups is 2. The van der Waals surface area contributed by atoms with Gasteiger partial charge in [0.25, 0.3) is 0 Å². The Morgan fingerprint density at radius 1 is 0.920 bits per heavy atom. The van der Waals surface area contributed by atoms with E-state index in [0.29, 0.717) is 5.69 Å². The van der Waals surface area contributed by atoms with E-state index in [-0.39, 0.29) is 23.5 Å². The summed E-state index contributed by atoms with van der Waals surface area (Å²) in [5.74, 6) is -3.79. The van der Waals surface area contributed by atoms with Crippen molar-refractivity contribution in [2.24, 2.45) is 5.92 Å². The summed E-state index contributed by atoms with van der Waals surface area (Å²) in [5, 5.41) is 0. The van der Waals surface area contributed by atoms with Crippen LogP contribution in [0.4, 0.5) is 13.2 Å². The number of hydrogen-bond donors (Lipinski definition) is 0. The van der Waals surface area contributed by atoms with Crippen LogP contribution in [0, 0.1) is 23.4 Å². The molecular weight excluding hydrogens is 331 g/mol. The second-order valence-corrected chi connectivity index (χ2v) is 6.25. The molecule has 4 rings (SSSR count). The van der Waals surface area contributed by atoms with Crippen molar-refractivity contribution in [3.8, 4) is 0 Å². The Morgan fingerprint density at radius 2 is 1.56 bits per heavy atom. The molecule has 0 spiro atoms. The molecular formula is C19H12F3NO2. The van der Waals surface area contributed by atoms with E-state index in [1.165, 1.54) is 12.1 Å². The number of halogens is 3. The Labute approximate surface area is 141 Å². The van der Waals surface area contributed by atoms with E-state index >= 15 is 0 Å². The van der Waals surface area contributed by atoms with Gasteiger partial charge in [-0.25, -0.2) is 13.2 Å². The van der Waals surface area contributed by atoms with Crippen molar-refractivity contribution in [3.05, 3.63) is 75.9 Å². The van der Waals surface area contributed by atoms with Crippen molar-refractivity contribution in [3.63, 3.8) is 0 Å². The van der Waals surface area contributed by atoms with Crippen LogP contribution in [0.3, 0.4) is 0 Å². The van der Waals surface area contributed by atoms with Gasteiger partial charge in [-0.1, -0.05) is 0 Å². The normalized spacial score (nSPS) is 17.1. The number of ketones is 2. The van der Waals surface area contributed by atoms with E-state index in [2.05, 4.69) is 4.98 Å². The van der Waals surface area contributed by atoms with Crippen molar-refractivity contribution in [1.29, 1.82) is 0 Å². The average Bonchev–Trinajstić information content (AvgIpc) is 3.41. The summed E-state index contributed by atoms with van der Waals surface area (Å²) < 4.78 is 41.3. The van der Waals surface area contributed by atoms with Crippen LogP contribution in [-0.2, 0) is 6.42 Å². The molecule has 1 saturated carbocycles. The maximum Gasteiger partial charge on any atom is 0.193 e. The van der Waals surface area contributed by atoms with Crippen LogP contribution in [0.25, 0.3) is 0 Å². The van der Waals surface area contributed by atoms with Crippen molar-refractivity contribution in [1.82, 2.24) is 4.98 Å². The Balaban J connectivity index is 1.86. The quantitative estimate of drug-likeness (QED) is 0.851. The van der Waals surface area contributed by atoms with Crippen molar-refractivity contribution >= 4 is 11.6 Å². The third-order valence-electron chi connectivity index (χ3n) is 4.53. The van der Waals surface area contributed by atoms with Gasteiger partial charge in [-0.15, -0.1) is 0 Å². The number of pyridine rings is 1. The zero-order valence-corrected chi connectivity index (χ0v) is 13.0. The van der Waals surface area contributed by atoms with Gasteiger partial charge in [0.2, 0.25) is 0 Å². The SMILES string of the molecule is O=C1C(Cc2ccc(F)cn2)=C(C2CC2)C(=O)c2c(F)ccc(F)c21. The number of carbonyl (C=O) groups excluding carboxylic acids is 2. The zero-order chi connectivity index (χ0) is 17.7. The van der Waals surface area contributed by atoms with Crippen LogP contribution < -0.4 is 0 Å². The summed E-state index contributed by atoms with van der Waals surface area (Å²) in [5.41, 5.74) is -0.248. The number of aromatic nitrogens is 1. The van der Waals surface area contributed by atoms with Crippen LogP contribution >= 0.6 is 0 Å². The molecule has 0 unspecified atom stereocenters. The van der Waals surface area contributed by atoms with Crippen LogP contribution in [0.2, 0.25) is 0 Å². The second-order valence-electron chi connectivity index (χ2n) is 6.25. The van der Waals surface area contributed by atoms with Crippen LogP contribution in [-0.4, -0.2) is 16.6 Å². The molecule has 0 amide bonds. The van der Waals surface area contributed by atoms with Crippen molar-refractivity contribution < 1.29 is 22.8 Å². The summed E-state index contributed by atoms with van der Waals surface area (Å²) >= 11 is 0. The zero-order valence-electron chi connectivity index (χ0n) is 13.0. The van der Waals surface area contributed by atoms with Crippen LogP contribution in [0.5, 0.6) is 0 Å². The van der Waals surface area contributed by atoms with Gasteiger partial charge in [-0.2, -0.15) is 0 Å². The fraction of sp³-hybridized carbons (Fsp3) is 0.211. The number of allylic oxidation sites excluding steroid dienone is 2. The van der Waals surface area contributed by atoms with E-state index in [4.69, 9.17) is 0 Å². The number of benzene rings is 1. The molecule has 2 aliphatic carbocycles. The first-order chi connectivity index (χ1) is 12.0. The lowest BCUT2D eigenvalue weighted by Gasteiger charge is -2.22. The fourth-order valence-corrected chi connectivity index (χ4v) is 3.21. The highest BCUT2D eigenvalue weighted by atomic mass is 19.1.